The van der Waals surface area contributed by atoms with E-state index in [0.29, 0.717) is 22.9 Å². The molecule has 1 saturated heterocycles. The second kappa shape index (κ2) is 4.81. The van der Waals surface area contributed by atoms with E-state index in [1.807, 2.05) is 0 Å². The average molecular weight is 308 g/mol. The number of fused-ring (bicyclic) bond motifs is 1. The van der Waals surface area contributed by atoms with Crippen LogP contribution in [0.25, 0.3) is 11.1 Å². The van der Waals surface area contributed by atoms with Gasteiger partial charge in [0.1, 0.15) is 5.52 Å². The summed E-state index contributed by atoms with van der Waals surface area (Å²) in [6.07, 6.45) is 2.18. The first-order chi connectivity index (χ1) is 9.83. The molecule has 21 heavy (non-hydrogen) atoms. The molecule has 1 N–H and O–H groups in total. The fourth-order valence-electron chi connectivity index (χ4n) is 2.98. The van der Waals surface area contributed by atoms with E-state index in [0.717, 1.165) is 19.5 Å². The number of hydrogen-bond donors (Lipinski definition) is 1. The summed E-state index contributed by atoms with van der Waals surface area (Å²) in [4.78, 5) is 4.87. The monoisotopic (exact) mass is 308 g/mol. The lowest BCUT2D eigenvalue weighted by molar-refractivity contribution is 0.269. The SMILES string of the molecule is CC(C)C1(c2nc3cc(S(C)(=O)=O)ccc3o2)CCNC1. The van der Waals surface area contributed by atoms with Gasteiger partial charge in [-0.05, 0) is 37.1 Å². The van der Waals surface area contributed by atoms with Crippen LogP contribution in [0.3, 0.4) is 0 Å². The highest BCUT2D eigenvalue weighted by Gasteiger charge is 2.43. The van der Waals surface area contributed by atoms with E-state index in [2.05, 4.69) is 24.1 Å². The number of oxazole rings is 1. The van der Waals surface area contributed by atoms with Gasteiger partial charge in [0.25, 0.3) is 0 Å². The van der Waals surface area contributed by atoms with Crippen LogP contribution in [-0.2, 0) is 15.3 Å². The molecule has 1 aromatic carbocycles. The van der Waals surface area contributed by atoms with Crippen LogP contribution in [-0.4, -0.2) is 32.7 Å². The Morgan fingerprint density at radius 3 is 2.71 bits per heavy atom. The predicted molar refractivity (Wildman–Crippen MR) is 81.1 cm³/mol. The zero-order valence-electron chi connectivity index (χ0n) is 12.5. The molecule has 1 unspecified atom stereocenters. The molecule has 1 fully saturated rings. The van der Waals surface area contributed by atoms with Crippen molar-refractivity contribution in [2.45, 2.75) is 30.6 Å². The lowest BCUT2D eigenvalue weighted by Crippen LogP contribution is -2.35. The molecule has 1 aliphatic heterocycles. The summed E-state index contributed by atoms with van der Waals surface area (Å²) >= 11 is 0. The van der Waals surface area contributed by atoms with Gasteiger partial charge >= 0.3 is 0 Å². The highest BCUT2D eigenvalue weighted by Crippen LogP contribution is 2.38. The summed E-state index contributed by atoms with van der Waals surface area (Å²) in [6.45, 7) is 6.13. The lowest BCUT2D eigenvalue weighted by atomic mass is 9.76. The molecule has 2 aromatic rings. The number of rotatable bonds is 3. The van der Waals surface area contributed by atoms with E-state index in [1.54, 1.807) is 18.2 Å². The summed E-state index contributed by atoms with van der Waals surface area (Å²) in [5.74, 6) is 1.11. The number of benzene rings is 1. The van der Waals surface area contributed by atoms with Crippen LogP contribution in [0.4, 0.5) is 0 Å². The smallest absolute Gasteiger partial charge is 0.203 e. The lowest BCUT2D eigenvalue weighted by Gasteiger charge is -2.28. The Morgan fingerprint density at radius 1 is 1.38 bits per heavy atom. The van der Waals surface area contributed by atoms with Gasteiger partial charge in [0.15, 0.2) is 15.4 Å². The Morgan fingerprint density at radius 2 is 2.14 bits per heavy atom. The van der Waals surface area contributed by atoms with Gasteiger partial charge in [-0.3, -0.25) is 0 Å². The summed E-state index contributed by atoms with van der Waals surface area (Å²) in [5.41, 5.74) is 1.15. The van der Waals surface area contributed by atoms with Crippen molar-refractivity contribution in [1.29, 1.82) is 0 Å². The van der Waals surface area contributed by atoms with Crippen molar-refractivity contribution in [1.82, 2.24) is 10.3 Å². The maximum absolute atomic E-state index is 11.6. The topological polar surface area (TPSA) is 72.2 Å². The minimum absolute atomic E-state index is 0.107. The van der Waals surface area contributed by atoms with E-state index >= 15 is 0 Å². The van der Waals surface area contributed by atoms with Crippen LogP contribution in [0.2, 0.25) is 0 Å². The van der Waals surface area contributed by atoms with Crippen LogP contribution in [0.5, 0.6) is 0 Å². The molecule has 0 radical (unpaired) electrons. The second-order valence-corrected chi connectivity index (χ2v) is 8.17. The van der Waals surface area contributed by atoms with E-state index < -0.39 is 9.84 Å². The zero-order valence-corrected chi connectivity index (χ0v) is 13.3. The van der Waals surface area contributed by atoms with Crippen molar-refractivity contribution in [3.63, 3.8) is 0 Å². The molecule has 0 saturated carbocycles. The standard InChI is InChI=1S/C15H20N2O3S/c1-10(2)15(6-7-16-9-15)14-17-12-8-11(21(3,18)19)4-5-13(12)20-14/h4-5,8,10,16H,6-7,9H2,1-3H3. The van der Waals surface area contributed by atoms with E-state index in [4.69, 9.17) is 4.42 Å². The molecule has 3 rings (SSSR count). The van der Waals surface area contributed by atoms with Crippen molar-refractivity contribution >= 4 is 20.9 Å². The van der Waals surface area contributed by atoms with Gasteiger partial charge < -0.3 is 9.73 Å². The largest absolute Gasteiger partial charge is 0.440 e. The van der Waals surface area contributed by atoms with Gasteiger partial charge in [0, 0.05) is 12.8 Å². The molecule has 0 spiro atoms. The Labute approximate surface area is 124 Å². The molecule has 1 aliphatic rings. The van der Waals surface area contributed by atoms with Crippen LogP contribution in [0.15, 0.2) is 27.5 Å². The molecule has 2 heterocycles. The molecular formula is C15H20N2O3S. The van der Waals surface area contributed by atoms with Crippen molar-refractivity contribution in [3.8, 4) is 0 Å². The van der Waals surface area contributed by atoms with Crippen molar-refractivity contribution in [2.75, 3.05) is 19.3 Å². The molecule has 0 aliphatic carbocycles. The Balaban J connectivity index is 2.13. The fraction of sp³-hybridized carbons (Fsp3) is 0.533. The normalized spacial score (nSPS) is 23.2. The molecule has 114 valence electrons. The summed E-state index contributed by atoms with van der Waals surface area (Å²) in [7, 11) is -3.23. The van der Waals surface area contributed by atoms with E-state index in [9.17, 15) is 8.42 Å². The highest BCUT2D eigenvalue weighted by atomic mass is 32.2. The third-order valence-corrected chi connectivity index (χ3v) is 5.62. The molecule has 6 heteroatoms. The Hall–Kier alpha value is -1.40. The van der Waals surface area contributed by atoms with Gasteiger partial charge in [-0.1, -0.05) is 13.8 Å². The number of nitrogens with one attached hydrogen (secondary N) is 1. The minimum atomic E-state index is -3.23. The number of hydrogen-bond acceptors (Lipinski definition) is 5. The fourth-order valence-corrected chi connectivity index (χ4v) is 3.63. The van der Waals surface area contributed by atoms with Crippen LogP contribution < -0.4 is 5.32 Å². The number of sulfone groups is 1. The van der Waals surface area contributed by atoms with Crippen LogP contribution in [0, 0.1) is 5.92 Å². The molecular weight excluding hydrogens is 288 g/mol. The Bertz CT molecular complexity index is 771. The van der Waals surface area contributed by atoms with Gasteiger partial charge in [-0.25, -0.2) is 13.4 Å². The molecule has 0 bridgehead atoms. The van der Waals surface area contributed by atoms with E-state index in [1.165, 1.54) is 6.26 Å². The number of nitrogens with zero attached hydrogens (tertiary/aromatic N) is 1. The summed E-state index contributed by atoms with van der Waals surface area (Å²) in [6, 6.07) is 4.86. The average Bonchev–Trinajstić information content (AvgIpc) is 3.04. The third kappa shape index (κ3) is 2.36. The Kier molecular flexibility index (Phi) is 3.33. The van der Waals surface area contributed by atoms with Crippen LogP contribution >= 0.6 is 0 Å². The molecule has 5 nitrogen and oxygen atoms in total. The second-order valence-electron chi connectivity index (χ2n) is 6.16. The zero-order chi connectivity index (χ0) is 15.3. The van der Waals surface area contributed by atoms with Gasteiger partial charge in [0.05, 0.1) is 10.3 Å². The molecule has 1 atom stereocenters. The quantitative estimate of drug-likeness (QED) is 0.940. The van der Waals surface area contributed by atoms with Crippen molar-refractivity contribution < 1.29 is 12.8 Å². The minimum Gasteiger partial charge on any atom is -0.440 e. The first kappa shape index (κ1) is 14.5. The first-order valence-corrected chi connectivity index (χ1v) is 9.04. The summed E-state index contributed by atoms with van der Waals surface area (Å²) in [5, 5.41) is 3.38. The first-order valence-electron chi connectivity index (χ1n) is 7.15. The third-order valence-electron chi connectivity index (χ3n) is 4.51. The maximum Gasteiger partial charge on any atom is 0.203 e. The number of aromatic nitrogens is 1. The molecule has 1 aromatic heterocycles. The molecule has 0 amide bonds. The predicted octanol–water partition coefficient (Wildman–Crippen LogP) is 2.12. The van der Waals surface area contributed by atoms with Gasteiger partial charge in [-0.15, -0.1) is 0 Å². The van der Waals surface area contributed by atoms with Crippen molar-refractivity contribution in [2.24, 2.45) is 5.92 Å². The van der Waals surface area contributed by atoms with Crippen molar-refractivity contribution in [3.05, 3.63) is 24.1 Å². The van der Waals surface area contributed by atoms with E-state index in [-0.39, 0.29) is 10.3 Å². The maximum atomic E-state index is 11.6. The van der Waals surface area contributed by atoms with Gasteiger partial charge in [0.2, 0.25) is 5.89 Å². The van der Waals surface area contributed by atoms with Crippen LogP contribution in [0.1, 0.15) is 26.2 Å². The highest BCUT2D eigenvalue weighted by molar-refractivity contribution is 7.90. The van der Waals surface area contributed by atoms with Gasteiger partial charge in [-0.2, -0.15) is 0 Å². The summed E-state index contributed by atoms with van der Waals surface area (Å²) < 4.78 is 29.2.